The number of hydrogen-bond acceptors (Lipinski definition) is 4. The first-order chi connectivity index (χ1) is 8.88. The second-order valence-corrected chi connectivity index (χ2v) is 6.05. The van der Waals surface area contributed by atoms with Crippen LogP contribution in [0.25, 0.3) is 0 Å². The Morgan fingerprint density at radius 1 is 1.25 bits per heavy atom. The molecule has 0 aliphatic heterocycles. The molecule has 0 fully saturated rings. The zero-order chi connectivity index (χ0) is 14.3. The highest BCUT2D eigenvalue weighted by molar-refractivity contribution is 7.88. The van der Waals surface area contributed by atoms with Gasteiger partial charge in [0.2, 0.25) is 15.9 Å². The SMILES string of the molecule is CS(=O)(=O)NCCNC(=O)CCc1ccccc1N.Cl. The number of benzene rings is 1. The topological polar surface area (TPSA) is 101 Å². The summed E-state index contributed by atoms with van der Waals surface area (Å²) in [5, 5.41) is 2.64. The molecule has 1 rings (SSSR count). The minimum Gasteiger partial charge on any atom is -0.399 e. The molecule has 1 aromatic carbocycles. The summed E-state index contributed by atoms with van der Waals surface area (Å²) >= 11 is 0. The maximum atomic E-state index is 11.5. The molecule has 0 bridgehead atoms. The standard InChI is InChI=1S/C12H19N3O3S.ClH/c1-19(17,18)15-9-8-14-12(16)7-6-10-4-2-3-5-11(10)13;/h2-5,15H,6-9,13H2,1H3,(H,14,16);1H. The smallest absolute Gasteiger partial charge is 0.220 e. The number of nitrogen functional groups attached to an aromatic ring is 1. The van der Waals surface area contributed by atoms with Gasteiger partial charge in [-0.3, -0.25) is 4.79 Å². The number of sulfonamides is 1. The van der Waals surface area contributed by atoms with Crippen LogP contribution in [0.3, 0.4) is 0 Å². The molecule has 0 atom stereocenters. The van der Waals surface area contributed by atoms with Gasteiger partial charge in [0.25, 0.3) is 0 Å². The van der Waals surface area contributed by atoms with Gasteiger partial charge in [-0.15, -0.1) is 12.4 Å². The van der Waals surface area contributed by atoms with Crippen molar-refractivity contribution >= 4 is 34.0 Å². The highest BCUT2D eigenvalue weighted by Gasteiger charge is 2.04. The first kappa shape index (κ1) is 18.7. The number of carbonyl (C=O) groups excluding carboxylic acids is 1. The fourth-order valence-corrected chi connectivity index (χ4v) is 2.01. The van der Waals surface area contributed by atoms with E-state index in [4.69, 9.17) is 5.73 Å². The number of aryl methyl sites for hydroxylation is 1. The fraction of sp³-hybridized carbons (Fsp3) is 0.417. The average Bonchev–Trinajstić information content (AvgIpc) is 2.32. The van der Waals surface area contributed by atoms with Gasteiger partial charge in [0.1, 0.15) is 0 Å². The van der Waals surface area contributed by atoms with E-state index in [0.29, 0.717) is 18.5 Å². The van der Waals surface area contributed by atoms with Gasteiger partial charge >= 0.3 is 0 Å². The average molecular weight is 322 g/mol. The second kappa shape index (κ2) is 8.78. The predicted octanol–water partition coefficient (Wildman–Crippen LogP) is 0.289. The van der Waals surface area contributed by atoms with Crippen LogP contribution in [-0.2, 0) is 21.2 Å². The van der Waals surface area contributed by atoms with E-state index in [9.17, 15) is 13.2 Å². The van der Waals surface area contributed by atoms with Gasteiger partial charge in [0.15, 0.2) is 0 Å². The molecular formula is C12H20ClN3O3S. The Morgan fingerprint density at radius 2 is 1.90 bits per heavy atom. The number of nitrogens with one attached hydrogen (secondary N) is 2. The highest BCUT2D eigenvalue weighted by atomic mass is 35.5. The largest absolute Gasteiger partial charge is 0.399 e. The number of carbonyl (C=O) groups is 1. The number of nitrogens with two attached hydrogens (primary N) is 1. The molecule has 1 aromatic rings. The van der Waals surface area contributed by atoms with Crippen molar-refractivity contribution < 1.29 is 13.2 Å². The fourth-order valence-electron chi connectivity index (χ4n) is 1.54. The molecule has 0 radical (unpaired) electrons. The Hall–Kier alpha value is -1.31. The van der Waals surface area contributed by atoms with Gasteiger partial charge in [0, 0.05) is 25.2 Å². The lowest BCUT2D eigenvalue weighted by Gasteiger charge is -2.07. The number of hydrogen-bond donors (Lipinski definition) is 3. The van der Waals surface area contributed by atoms with E-state index in [-0.39, 0.29) is 31.4 Å². The molecule has 8 heteroatoms. The summed E-state index contributed by atoms with van der Waals surface area (Å²) < 4.78 is 23.9. The minimum absolute atomic E-state index is 0. The molecule has 6 nitrogen and oxygen atoms in total. The molecule has 4 N–H and O–H groups in total. The minimum atomic E-state index is -3.20. The van der Waals surface area contributed by atoms with Crippen LogP contribution < -0.4 is 15.8 Å². The second-order valence-electron chi connectivity index (χ2n) is 4.22. The summed E-state index contributed by atoms with van der Waals surface area (Å²) in [5.41, 5.74) is 7.38. The summed E-state index contributed by atoms with van der Waals surface area (Å²) in [6.45, 7) is 0.466. The van der Waals surface area contributed by atoms with Crippen molar-refractivity contribution in [2.24, 2.45) is 0 Å². The van der Waals surface area contributed by atoms with Crippen LogP contribution in [0.5, 0.6) is 0 Å². The maximum absolute atomic E-state index is 11.5. The molecule has 0 heterocycles. The van der Waals surface area contributed by atoms with Crippen molar-refractivity contribution in [2.45, 2.75) is 12.8 Å². The first-order valence-electron chi connectivity index (χ1n) is 5.93. The Labute approximate surface area is 125 Å². The third-order valence-electron chi connectivity index (χ3n) is 2.49. The van der Waals surface area contributed by atoms with Gasteiger partial charge in [-0.2, -0.15) is 0 Å². The molecule has 114 valence electrons. The lowest BCUT2D eigenvalue weighted by atomic mass is 10.1. The third kappa shape index (κ3) is 7.98. The van der Waals surface area contributed by atoms with Crippen molar-refractivity contribution in [3.05, 3.63) is 29.8 Å². The maximum Gasteiger partial charge on any atom is 0.220 e. The van der Waals surface area contributed by atoms with Gasteiger partial charge in [-0.05, 0) is 18.1 Å². The first-order valence-corrected chi connectivity index (χ1v) is 7.82. The molecular weight excluding hydrogens is 302 g/mol. The Bertz CT molecular complexity index is 535. The molecule has 0 saturated carbocycles. The van der Waals surface area contributed by atoms with Crippen molar-refractivity contribution in [3.63, 3.8) is 0 Å². The van der Waals surface area contributed by atoms with Crippen LogP contribution in [-0.4, -0.2) is 33.7 Å². The zero-order valence-corrected chi connectivity index (χ0v) is 12.9. The van der Waals surface area contributed by atoms with E-state index in [0.717, 1.165) is 11.8 Å². The van der Waals surface area contributed by atoms with Crippen molar-refractivity contribution in [1.82, 2.24) is 10.0 Å². The van der Waals surface area contributed by atoms with Crippen LogP contribution in [0.2, 0.25) is 0 Å². The summed E-state index contributed by atoms with van der Waals surface area (Å²) in [7, 11) is -3.20. The van der Waals surface area contributed by atoms with E-state index in [2.05, 4.69) is 10.0 Å². The van der Waals surface area contributed by atoms with Gasteiger partial charge in [0.05, 0.1) is 6.26 Å². The Balaban J connectivity index is 0.00000361. The molecule has 0 aromatic heterocycles. The van der Waals surface area contributed by atoms with E-state index >= 15 is 0 Å². The van der Waals surface area contributed by atoms with Crippen LogP contribution in [0.15, 0.2) is 24.3 Å². The highest BCUT2D eigenvalue weighted by Crippen LogP contribution is 2.12. The Kier molecular flexibility index (Phi) is 8.21. The molecule has 0 spiro atoms. The van der Waals surface area contributed by atoms with Crippen molar-refractivity contribution in [3.8, 4) is 0 Å². The molecule has 0 aliphatic carbocycles. The summed E-state index contributed by atoms with van der Waals surface area (Å²) in [6, 6.07) is 7.40. The molecule has 0 saturated heterocycles. The molecule has 0 aliphatic rings. The molecule has 0 unspecified atom stereocenters. The monoisotopic (exact) mass is 321 g/mol. The summed E-state index contributed by atoms with van der Waals surface area (Å²) in [4.78, 5) is 11.5. The van der Waals surface area contributed by atoms with Crippen LogP contribution >= 0.6 is 12.4 Å². The zero-order valence-electron chi connectivity index (χ0n) is 11.3. The molecule has 1 amide bonds. The van der Waals surface area contributed by atoms with Crippen LogP contribution in [0.4, 0.5) is 5.69 Å². The van der Waals surface area contributed by atoms with Gasteiger partial charge < -0.3 is 11.1 Å². The number of rotatable bonds is 7. The number of para-hydroxylation sites is 1. The quantitative estimate of drug-likeness (QED) is 0.496. The van der Waals surface area contributed by atoms with Crippen LogP contribution in [0.1, 0.15) is 12.0 Å². The van der Waals surface area contributed by atoms with Crippen molar-refractivity contribution in [1.29, 1.82) is 0 Å². The van der Waals surface area contributed by atoms with Crippen molar-refractivity contribution in [2.75, 3.05) is 25.1 Å². The predicted molar refractivity (Wildman–Crippen MR) is 82.3 cm³/mol. The third-order valence-corrected chi connectivity index (χ3v) is 3.22. The van der Waals surface area contributed by atoms with E-state index in [1.165, 1.54) is 0 Å². The van der Waals surface area contributed by atoms with E-state index < -0.39 is 10.0 Å². The lowest BCUT2D eigenvalue weighted by Crippen LogP contribution is -2.34. The number of amides is 1. The number of anilines is 1. The summed E-state index contributed by atoms with van der Waals surface area (Å²) in [6.07, 6.45) is 1.97. The lowest BCUT2D eigenvalue weighted by molar-refractivity contribution is -0.121. The van der Waals surface area contributed by atoms with E-state index in [1.54, 1.807) is 6.07 Å². The van der Waals surface area contributed by atoms with Crippen LogP contribution in [0, 0.1) is 0 Å². The van der Waals surface area contributed by atoms with E-state index in [1.807, 2.05) is 18.2 Å². The summed E-state index contributed by atoms with van der Waals surface area (Å²) in [5.74, 6) is -0.126. The Morgan fingerprint density at radius 3 is 2.50 bits per heavy atom. The number of halogens is 1. The van der Waals surface area contributed by atoms with Gasteiger partial charge in [-0.1, -0.05) is 18.2 Å². The molecule has 20 heavy (non-hydrogen) atoms. The van der Waals surface area contributed by atoms with Gasteiger partial charge in [-0.25, -0.2) is 13.1 Å². The normalized spacial score (nSPS) is 10.7.